The number of ketones is 1. The highest BCUT2D eigenvalue weighted by molar-refractivity contribution is 5.98. The first-order chi connectivity index (χ1) is 7.93. The van der Waals surface area contributed by atoms with Crippen molar-refractivity contribution in [2.24, 2.45) is 5.41 Å². The molecule has 0 bridgehead atoms. The fourth-order valence-corrected chi connectivity index (χ4v) is 1.99. The summed E-state index contributed by atoms with van der Waals surface area (Å²) in [6, 6.07) is 0. The smallest absolute Gasteiger partial charge is 0.394 e. The Balaban J connectivity index is 2.33. The maximum atomic E-state index is 11.8. The Kier molecular flexibility index (Phi) is 2.77. The van der Waals surface area contributed by atoms with Gasteiger partial charge in [-0.15, -0.1) is 0 Å². The summed E-state index contributed by atoms with van der Waals surface area (Å²) >= 11 is 0. The second-order valence-corrected chi connectivity index (χ2v) is 4.95. The SMILES string of the molecule is CCOC(=O)c1nc2c(o1)CC(C)(C)CC2=O. The van der Waals surface area contributed by atoms with Gasteiger partial charge in [0.15, 0.2) is 5.78 Å². The van der Waals surface area contributed by atoms with Gasteiger partial charge in [0.25, 0.3) is 0 Å². The number of nitrogens with zero attached hydrogens (tertiary/aromatic N) is 1. The van der Waals surface area contributed by atoms with Crippen molar-refractivity contribution in [1.29, 1.82) is 0 Å². The van der Waals surface area contributed by atoms with E-state index in [1.165, 1.54) is 0 Å². The topological polar surface area (TPSA) is 69.4 Å². The number of esters is 1. The number of hydrogen-bond donors (Lipinski definition) is 0. The summed E-state index contributed by atoms with van der Waals surface area (Å²) in [5.74, 6) is -0.319. The van der Waals surface area contributed by atoms with Crippen LogP contribution in [0, 0.1) is 5.41 Å². The number of aromatic nitrogens is 1. The van der Waals surface area contributed by atoms with Gasteiger partial charge >= 0.3 is 11.9 Å². The van der Waals surface area contributed by atoms with Crippen molar-refractivity contribution in [3.63, 3.8) is 0 Å². The minimum atomic E-state index is -0.618. The van der Waals surface area contributed by atoms with E-state index < -0.39 is 5.97 Å². The van der Waals surface area contributed by atoms with Gasteiger partial charge in [-0.1, -0.05) is 13.8 Å². The van der Waals surface area contributed by atoms with Crippen LogP contribution in [0.4, 0.5) is 0 Å². The lowest BCUT2D eigenvalue weighted by molar-refractivity contribution is 0.0477. The minimum Gasteiger partial charge on any atom is -0.459 e. The molecular formula is C12H15NO4. The fraction of sp³-hybridized carbons (Fsp3) is 0.583. The third-order valence-electron chi connectivity index (χ3n) is 2.69. The molecule has 0 saturated carbocycles. The van der Waals surface area contributed by atoms with Crippen LogP contribution in [-0.2, 0) is 11.2 Å². The summed E-state index contributed by atoms with van der Waals surface area (Å²) < 4.78 is 10.1. The number of hydrogen-bond acceptors (Lipinski definition) is 5. The first-order valence-corrected chi connectivity index (χ1v) is 5.63. The van der Waals surface area contributed by atoms with E-state index in [0.29, 0.717) is 18.6 Å². The van der Waals surface area contributed by atoms with E-state index in [2.05, 4.69) is 4.98 Å². The minimum absolute atomic E-state index is 0.0736. The van der Waals surface area contributed by atoms with Crippen LogP contribution in [0.5, 0.6) is 0 Å². The molecule has 0 saturated heterocycles. The standard InChI is InChI=1S/C12H15NO4/c1-4-16-11(15)10-13-9-7(14)5-12(2,3)6-8(9)17-10/h4-6H2,1-3H3. The van der Waals surface area contributed by atoms with Gasteiger partial charge in [-0.3, -0.25) is 4.79 Å². The van der Waals surface area contributed by atoms with Crippen LogP contribution in [0.1, 0.15) is 54.1 Å². The molecule has 1 aromatic rings. The zero-order valence-corrected chi connectivity index (χ0v) is 10.2. The number of ether oxygens (including phenoxy) is 1. The molecule has 0 spiro atoms. The summed E-state index contributed by atoms with van der Waals surface area (Å²) in [5.41, 5.74) is 0.141. The van der Waals surface area contributed by atoms with Gasteiger partial charge in [-0.05, 0) is 12.3 Å². The van der Waals surface area contributed by atoms with Crippen molar-refractivity contribution in [3.8, 4) is 0 Å². The van der Waals surface area contributed by atoms with Gasteiger partial charge in [0.05, 0.1) is 6.61 Å². The number of Topliss-reactive ketones (excluding diaryl/α,β-unsaturated/α-hetero) is 1. The molecule has 1 heterocycles. The molecule has 2 rings (SSSR count). The lowest BCUT2D eigenvalue weighted by Crippen LogP contribution is -2.26. The fourth-order valence-electron chi connectivity index (χ4n) is 1.99. The van der Waals surface area contributed by atoms with E-state index in [-0.39, 0.29) is 29.4 Å². The number of oxazole rings is 1. The van der Waals surface area contributed by atoms with E-state index in [4.69, 9.17) is 9.15 Å². The maximum Gasteiger partial charge on any atom is 0.394 e. The number of fused-ring (bicyclic) bond motifs is 1. The molecule has 1 aliphatic rings. The third-order valence-corrected chi connectivity index (χ3v) is 2.69. The van der Waals surface area contributed by atoms with E-state index in [9.17, 15) is 9.59 Å². The van der Waals surface area contributed by atoms with Crippen molar-refractivity contribution in [1.82, 2.24) is 4.98 Å². The average molecular weight is 237 g/mol. The molecule has 1 aliphatic carbocycles. The second-order valence-electron chi connectivity index (χ2n) is 4.95. The highest BCUT2D eigenvalue weighted by atomic mass is 16.5. The van der Waals surface area contributed by atoms with Gasteiger partial charge < -0.3 is 9.15 Å². The lowest BCUT2D eigenvalue weighted by Gasteiger charge is -2.25. The van der Waals surface area contributed by atoms with Crippen molar-refractivity contribution in [2.75, 3.05) is 6.61 Å². The van der Waals surface area contributed by atoms with Gasteiger partial charge in [0.1, 0.15) is 11.5 Å². The lowest BCUT2D eigenvalue weighted by atomic mass is 9.78. The Hall–Kier alpha value is -1.65. The molecule has 5 nitrogen and oxygen atoms in total. The zero-order chi connectivity index (χ0) is 12.6. The van der Waals surface area contributed by atoms with Crippen LogP contribution >= 0.6 is 0 Å². The molecule has 92 valence electrons. The molecule has 0 N–H and O–H groups in total. The Labute approximate surface area is 99.2 Å². The molecule has 17 heavy (non-hydrogen) atoms. The van der Waals surface area contributed by atoms with Gasteiger partial charge in [0.2, 0.25) is 0 Å². The first kappa shape index (κ1) is 11.8. The Bertz CT molecular complexity index is 473. The van der Waals surface area contributed by atoms with Crippen molar-refractivity contribution >= 4 is 11.8 Å². The van der Waals surface area contributed by atoms with Crippen LogP contribution in [0.15, 0.2) is 4.42 Å². The molecular weight excluding hydrogens is 222 g/mol. The second kappa shape index (κ2) is 3.98. The molecule has 0 radical (unpaired) electrons. The number of carbonyl (C=O) groups excluding carboxylic acids is 2. The zero-order valence-electron chi connectivity index (χ0n) is 10.2. The molecule has 0 unspecified atom stereocenters. The van der Waals surface area contributed by atoms with Crippen molar-refractivity contribution < 1.29 is 18.7 Å². The summed E-state index contributed by atoms with van der Waals surface area (Å²) in [7, 11) is 0. The maximum absolute atomic E-state index is 11.8. The summed E-state index contributed by atoms with van der Waals surface area (Å²) in [5, 5.41) is 0. The molecule has 0 atom stereocenters. The summed E-state index contributed by atoms with van der Waals surface area (Å²) in [6.07, 6.45) is 1.04. The van der Waals surface area contributed by atoms with Crippen LogP contribution in [0.2, 0.25) is 0 Å². The first-order valence-electron chi connectivity index (χ1n) is 5.63. The quantitative estimate of drug-likeness (QED) is 0.736. The Morgan fingerprint density at radius 1 is 1.47 bits per heavy atom. The van der Waals surface area contributed by atoms with Crippen LogP contribution < -0.4 is 0 Å². The predicted octanol–water partition coefficient (Wildman–Crippen LogP) is 2.01. The molecule has 0 amide bonds. The van der Waals surface area contributed by atoms with Gasteiger partial charge in [-0.2, -0.15) is 4.98 Å². The molecule has 1 aromatic heterocycles. The molecule has 0 fully saturated rings. The molecule has 0 aliphatic heterocycles. The van der Waals surface area contributed by atoms with E-state index in [0.717, 1.165) is 0 Å². The summed E-state index contributed by atoms with van der Waals surface area (Å²) in [6.45, 7) is 5.93. The third kappa shape index (κ3) is 2.23. The molecule has 0 aromatic carbocycles. The molecule has 5 heteroatoms. The normalized spacial score (nSPS) is 17.7. The van der Waals surface area contributed by atoms with Gasteiger partial charge in [0, 0.05) is 12.8 Å². The monoisotopic (exact) mass is 237 g/mol. The van der Waals surface area contributed by atoms with Crippen LogP contribution in [0.3, 0.4) is 0 Å². The van der Waals surface area contributed by atoms with Crippen LogP contribution in [0.25, 0.3) is 0 Å². The highest BCUT2D eigenvalue weighted by Crippen LogP contribution is 2.34. The van der Waals surface area contributed by atoms with E-state index in [1.54, 1.807) is 6.92 Å². The Morgan fingerprint density at radius 2 is 2.18 bits per heavy atom. The van der Waals surface area contributed by atoms with Crippen molar-refractivity contribution in [3.05, 3.63) is 17.3 Å². The average Bonchev–Trinajstić information content (AvgIpc) is 2.60. The van der Waals surface area contributed by atoms with Crippen LogP contribution in [-0.4, -0.2) is 23.3 Å². The predicted molar refractivity (Wildman–Crippen MR) is 58.9 cm³/mol. The summed E-state index contributed by atoms with van der Waals surface area (Å²) in [4.78, 5) is 27.2. The largest absolute Gasteiger partial charge is 0.459 e. The highest BCUT2D eigenvalue weighted by Gasteiger charge is 2.36. The van der Waals surface area contributed by atoms with Gasteiger partial charge in [-0.25, -0.2) is 4.79 Å². The van der Waals surface area contributed by atoms with Crippen molar-refractivity contribution in [2.45, 2.75) is 33.6 Å². The number of rotatable bonds is 2. The number of carbonyl (C=O) groups is 2. The van der Waals surface area contributed by atoms with E-state index >= 15 is 0 Å². The van der Waals surface area contributed by atoms with E-state index in [1.807, 2.05) is 13.8 Å². The Morgan fingerprint density at radius 3 is 2.82 bits per heavy atom.